The Morgan fingerprint density at radius 1 is 1.23 bits per heavy atom. The number of ether oxygens (including phenoxy) is 1. The lowest BCUT2D eigenvalue weighted by Crippen LogP contribution is -2.63. The molecule has 166 valence electrons. The van der Waals surface area contributed by atoms with Crippen molar-refractivity contribution in [1.29, 1.82) is 0 Å². The van der Waals surface area contributed by atoms with E-state index in [1.54, 1.807) is 21.8 Å². The number of carbonyl (C=O) groups is 2. The van der Waals surface area contributed by atoms with E-state index in [0.29, 0.717) is 51.3 Å². The van der Waals surface area contributed by atoms with Crippen LogP contribution in [0.15, 0.2) is 42.6 Å². The van der Waals surface area contributed by atoms with Crippen LogP contribution in [-0.4, -0.2) is 64.0 Å². The SMILES string of the molecule is CCn1nccc1C(=O)N1CC[C@](NC(=O)C2CCOCC2)(c2ccccc2)[C@H](O)C1. The summed E-state index contributed by atoms with van der Waals surface area (Å²) in [4.78, 5) is 27.8. The number of aryl methyl sites for hydroxylation is 1. The molecule has 8 heteroatoms. The van der Waals surface area contributed by atoms with Crippen LogP contribution in [0.4, 0.5) is 0 Å². The molecule has 0 radical (unpaired) electrons. The number of amides is 2. The fourth-order valence-electron chi connectivity index (χ4n) is 4.62. The van der Waals surface area contributed by atoms with E-state index in [0.717, 1.165) is 5.56 Å². The maximum atomic E-state index is 13.1. The highest BCUT2D eigenvalue weighted by Gasteiger charge is 2.47. The minimum Gasteiger partial charge on any atom is -0.388 e. The number of benzene rings is 1. The summed E-state index contributed by atoms with van der Waals surface area (Å²) in [6.07, 6.45) is 2.46. The summed E-state index contributed by atoms with van der Waals surface area (Å²) in [6, 6.07) is 11.3. The predicted molar refractivity (Wildman–Crippen MR) is 114 cm³/mol. The first-order valence-electron chi connectivity index (χ1n) is 11.0. The van der Waals surface area contributed by atoms with Crippen LogP contribution >= 0.6 is 0 Å². The van der Waals surface area contributed by atoms with Crippen LogP contribution in [0.1, 0.15) is 42.2 Å². The summed E-state index contributed by atoms with van der Waals surface area (Å²) in [6.45, 7) is 4.24. The van der Waals surface area contributed by atoms with Crippen molar-refractivity contribution in [2.45, 2.75) is 44.4 Å². The van der Waals surface area contributed by atoms with Gasteiger partial charge in [0.1, 0.15) is 5.69 Å². The number of piperidine rings is 1. The molecule has 2 aromatic rings. The van der Waals surface area contributed by atoms with Gasteiger partial charge in [0.25, 0.3) is 5.91 Å². The van der Waals surface area contributed by atoms with Gasteiger partial charge >= 0.3 is 0 Å². The molecule has 2 fully saturated rings. The Morgan fingerprint density at radius 2 is 1.97 bits per heavy atom. The smallest absolute Gasteiger partial charge is 0.272 e. The highest BCUT2D eigenvalue weighted by Crippen LogP contribution is 2.35. The largest absolute Gasteiger partial charge is 0.388 e. The van der Waals surface area contributed by atoms with Crippen LogP contribution in [0.5, 0.6) is 0 Å². The molecule has 1 aromatic carbocycles. The van der Waals surface area contributed by atoms with Gasteiger partial charge in [-0.2, -0.15) is 5.10 Å². The zero-order chi connectivity index (χ0) is 21.8. The minimum atomic E-state index is -0.936. The number of hydrogen-bond acceptors (Lipinski definition) is 5. The first-order valence-corrected chi connectivity index (χ1v) is 11.0. The van der Waals surface area contributed by atoms with Crippen molar-refractivity contribution in [3.63, 3.8) is 0 Å². The van der Waals surface area contributed by atoms with Crippen molar-refractivity contribution in [3.05, 3.63) is 53.9 Å². The molecule has 0 saturated carbocycles. The topological polar surface area (TPSA) is 96.7 Å². The Balaban J connectivity index is 1.57. The molecule has 0 aliphatic carbocycles. The minimum absolute atomic E-state index is 0.0601. The van der Waals surface area contributed by atoms with Gasteiger partial charge in [-0.15, -0.1) is 0 Å². The molecular formula is C23H30N4O4. The van der Waals surface area contributed by atoms with Crippen molar-refractivity contribution < 1.29 is 19.4 Å². The van der Waals surface area contributed by atoms with Gasteiger partial charge in [0.05, 0.1) is 11.6 Å². The van der Waals surface area contributed by atoms with Crippen LogP contribution in [0.3, 0.4) is 0 Å². The summed E-state index contributed by atoms with van der Waals surface area (Å²) < 4.78 is 7.04. The van der Waals surface area contributed by atoms with Gasteiger partial charge in [-0.05, 0) is 37.8 Å². The third kappa shape index (κ3) is 4.22. The van der Waals surface area contributed by atoms with Crippen LogP contribution < -0.4 is 5.32 Å². The monoisotopic (exact) mass is 426 g/mol. The molecule has 0 spiro atoms. The van der Waals surface area contributed by atoms with Crippen molar-refractivity contribution in [3.8, 4) is 0 Å². The summed E-state index contributed by atoms with van der Waals surface area (Å²) in [5, 5.41) is 18.7. The Labute approximate surface area is 182 Å². The van der Waals surface area contributed by atoms with Gasteiger partial charge in [-0.25, -0.2) is 0 Å². The van der Waals surface area contributed by atoms with E-state index in [1.165, 1.54) is 0 Å². The summed E-state index contributed by atoms with van der Waals surface area (Å²) in [5.41, 5.74) is 0.431. The number of hydrogen-bond donors (Lipinski definition) is 2. The molecule has 0 unspecified atom stereocenters. The van der Waals surface area contributed by atoms with E-state index >= 15 is 0 Å². The number of nitrogens with one attached hydrogen (secondary N) is 1. The van der Waals surface area contributed by atoms with E-state index < -0.39 is 11.6 Å². The maximum absolute atomic E-state index is 13.1. The average molecular weight is 427 g/mol. The van der Waals surface area contributed by atoms with E-state index in [4.69, 9.17) is 4.74 Å². The molecule has 8 nitrogen and oxygen atoms in total. The van der Waals surface area contributed by atoms with Gasteiger partial charge in [-0.1, -0.05) is 30.3 Å². The standard InChI is InChI=1S/C23H30N4O4/c1-2-27-19(8-12-24-27)22(30)26-13-11-23(20(28)16-26,18-6-4-3-5-7-18)25-21(29)17-9-14-31-15-10-17/h3-8,12,17,20,28H,2,9-11,13-16H2,1H3,(H,25,29)/t20-,23+/m1/s1. The molecule has 2 atom stereocenters. The molecule has 2 amide bonds. The van der Waals surface area contributed by atoms with Crippen LogP contribution in [0.25, 0.3) is 0 Å². The molecule has 2 aliphatic rings. The molecule has 2 saturated heterocycles. The molecule has 31 heavy (non-hydrogen) atoms. The highest BCUT2D eigenvalue weighted by atomic mass is 16.5. The molecule has 2 aliphatic heterocycles. The number of β-amino-alcohol motifs (C(OH)–C–C–N with tert-alkyl or cyclic N) is 1. The molecule has 2 N–H and O–H groups in total. The molecule has 3 heterocycles. The Hall–Kier alpha value is -2.71. The van der Waals surface area contributed by atoms with Crippen LogP contribution in [-0.2, 0) is 21.6 Å². The lowest BCUT2D eigenvalue weighted by Gasteiger charge is -2.47. The average Bonchev–Trinajstić information content (AvgIpc) is 3.30. The predicted octanol–water partition coefficient (Wildman–Crippen LogP) is 1.55. The second-order valence-corrected chi connectivity index (χ2v) is 8.26. The quantitative estimate of drug-likeness (QED) is 0.756. The molecule has 1 aromatic heterocycles. The summed E-state index contributed by atoms with van der Waals surface area (Å²) in [5.74, 6) is -0.342. The van der Waals surface area contributed by atoms with Gasteiger partial charge in [-0.3, -0.25) is 14.3 Å². The number of aliphatic hydroxyl groups excluding tert-OH is 1. The number of likely N-dealkylation sites (tertiary alicyclic amines) is 1. The highest BCUT2D eigenvalue weighted by molar-refractivity contribution is 5.92. The second kappa shape index (κ2) is 9.20. The van der Waals surface area contributed by atoms with E-state index in [2.05, 4.69) is 10.4 Å². The summed E-state index contributed by atoms with van der Waals surface area (Å²) in [7, 11) is 0. The Kier molecular flexibility index (Phi) is 6.38. The number of carbonyl (C=O) groups excluding carboxylic acids is 2. The molecule has 0 bridgehead atoms. The molecular weight excluding hydrogens is 396 g/mol. The zero-order valence-corrected chi connectivity index (χ0v) is 17.9. The van der Waals surface area contributed by atoms with E-state index in [-0.39, 0.29) is 24.3 Å². The number of aliphatic hydroxyl groups is 1. The van der Waals surface area contributed by atoms with Gasteiger partial charge in [0.15, 0.2) is 0 Å². The first-order chi connectivity index (χ1) is 15.0. The normalized spacial score (nSPS) is 24.7. The second-order valence-electron chi connectivity index (χ2n) is 8.26. The fourth-order valence-corrected chi connectivity index (χ4v) is 4.62. The Morgan fingerprint density at radius 3 is 2.65 bits per heavy atom. The van der Waals surface area contributed by atoms with Gasteiger partial charge in [0.2, 0.25) is 5.91 Å². The van der Waals surface area contributed by atoms with E-state index in [9.17, 15) is 14.7 Å². The van der Waals surface area contributed by atoms with Crippen molar-refractivity contribution >= 4 is 11.8 Å². The number of aromatic nitrogens is 2. The third-order valence-corrected chi connectivity index (χ3v) is 6.49. The zero-order valence-electron chi connectivity index (χ0n) is 17.9. The third-order valence-electron chi connectivity index (χ3n) is 6.49. The van der Waals surface area contributed by atoms with Crippen LogP contribution in [0.2, 0.25) is 0 Å². The Bertz CT molecular complexity index is 909. The maximum Gasteiger partial charge on any atom is 0.272 e. The summed E-state index contributed by atoms with van der Waals surface area (Å²) >= 11 is 0. The molecule has 4 rings (SSSR count). The number of rotatable bonds is 5. The van der Waals surface area contributed by atoms with Crippen LogP contribution in [0, 0.1) is 5.92 Å². The first kappa shape index (κ1) is 21.5. The van der Waals surface area contributed by atoms with Crippen molar-refractivity contribution in [1.82, 2.24) is 20.0 Å². The van der Waals surface area contributed by atoms with Crippen molar-refractivity contribution in [2.75, 3.05) is 26.3 Å². The lowest BCUT2D eigenvalue weighted by molar-refractivity contribution is -0.133. The van der Waals surface area contributed by atoms with Gasteiger partial charge < -0.3 is 20.1 Å². The fraction of sp³-hybridized carbons (Fsp3) is 0.522. The van der Waals surface area contributed by atoms with E-state index in [1.807, 2.05) is 37.3 Å². The van der Waals surface area contributed by atoms with Crippen molar-refractivity contribution in [2.24, 2.45) is 5.92 Å². The lowest BCUT2D eigenvalue weighted by atomic mass is 9.77. The number of nitrogens with zero attached hydrogens (tertiary/aromatic N) is 3. The van der Waals surface area contributed by atoms with Gasteiger partial charge in [0, 0.05) is 45.0 Å².